The summed E-state index contributed by atoms with van der Waals surface area (Å²) >= 11 is 3.31. The van der Waals surface area contributed by atoms with E-state index in [1.165, 1.54) is 6.07 Å². The van der Waals surface area contributed by atoms with Crippen molar-refractivity contribution in [2.24, 2.45) is 0 Å². The number of aromatic hydroxyl groups is 1. The van der Waals surface area contributed by atoms with E-state index in [0.29, 0.717) is 12.1 Å². The summed E-state index contributed by atoms with van der Waals surface area (Å²) in [5, 5.41) is 18.6. The Morgan fingerprint density at radius 2 is 2.25 bits per heavy atom. The molecule has 0 saturated carbocycles. The molecule has 0 saturated heterocycles. The lowest BCUT2D eigenvalue weighted by molar-refractivity contribution is 0.275. The van der Waals surface area contributed by atoms with Gasteiger partial charge in [0, 0.05) is 9.94 Å². The van der Waals surface area contributed by atoms with Crippen molar-refractivity contribution in [1.29, 1.82) is 0 Å². The molecule has 0 unspecified atom stereocenters. The zero-order chi connectivity index (χ0) is 8.72. The van der Waals surface area contributed by atoms with Crippen molar-refractivity contribution in [2.75, 3.05) is 0 Å². The molecule has 0 atom stereocenters. The quantitative estimate of drug-likeness (QED) is 0.632. The number of hydrogen-bond acceptors (Lipinski definition) is 3. The van der Waals surface area contributed by atoms with Crippen LogP contribution >= 0.6 is 15.9 Å². The molecule has 12 heavy (non-hydrogen) atoms. The first-order chi connectivity index (χ1) is 5.70. The van der Waals surface area contributed by atoms with Crippen molar-refractivity contribution in [3.8, 4) is 5.75 Å². The third kappa shape index (κ3) is 1.05. The van der Waals surface area contributed by atoms with Crippen molar-refractivity contribution in [3.63, 3.8) is 0 Å². The molecule has 3 nitrogen and oxygen atoms in total. The van der Waals surface area contributed by atoms with E-state index in [0.717, 1.165) is 10.0 Å². The minimum absolute atomic E-state index is 0.0817. The molecule has 2 N–H and O–H groups in total. The summed E-state index contributed by atoms with van der Waals surface area (Å²) in [6, 6.07) is 3.26. The average Bonchev–Trinajstić information content (AvgIpc) is 2.42. The molecule has 0 radical (unpaired) electrons. The Balaban J connectivity index is 2.64. The van der Waals surface area contributed by atoms with Gasteiger partial charge in [-0.15, -0.1) is 0 Å². The average molecular weight is 229 g/mol. The van der Waals surface area contributed by atoms with Crippen molar-refractivity contribution < 1.29 is 14.8 Å². The van der Waals surface area contributed by atoms with Gasteiger partial charge in [-0.1, -0.05) is 15.9 Å². The van der Waals surface area contributed by atoms with Gasteiger partial charge in [-0.3, -0.25) is 0 Å². The van der Waals surface area contributed by atoms with Gasteiger partial charge >= 0.3 is 7.12 Å². The van der Waals surface area contributed by atoms with Crippen LogP contribution in [-0.2, 0) is 11.3 Å². The van der Waals surface area contributed by atoms with E-state index in [2.05, 4.69) is 15.9 Å². The molecule has 1 aromatic carbocycles. The first kappa shape index (κ1) is 8.10. The van der Waals surface area contributed by atoms with Crippen molar-refractivity contribution in [1.82, 2.24) is 0 Å². The van der Waals surface area contributed by atoms with Gasteiger partial charge in [-0.2, -0.15) is 0 Å². The summed E-state index contributed by atoms with van der Waals surface area (Å²) in [5.74, 6) is 0.0817. The van der Waals surface area contributed by atoms with E-state index in [-0.39, 0.29) is 5.75 Å². The standard InChI is InChI=1S/C7H6BBrO3/c9-5-1-2-6(10)7-4(5)3-12-8(7)11/h1-2,10-11H,3H2. The number of fused-ring (bicyclic) bond motifs is 1. The third-order valence-corrected chi connectivity index (χ3v) is 2.65. The van der Waals surface area contributed by atoms with Crippen LogP contribution in [-0.4, -0.2) is 17.2 Å². The molecule has 5 heteroatoms. The molecule has 0 bridgehead atoms. The van der Waals surface area contributed by atoms with Crippen LogP contribution in [0.4, 0.5) is 0 Å². The predicted molar refractivity (Wildman–Crippen MR) is 48.2 cm³/mol. The Morgan fingerprint density at radius 1 is 1.50 bits per heavy atom. The molecule has 1 aromatic rings. The lowest BCUT2D eigenvalue weighted by Gasteiger charge is -2.02. The fraction of sp³-hybridized carbons (Fsp3) is 0.143. The number of halogens is 1. The van der Waals surface area contributed by atoms with E-state index in [1.54, 1.807) is 6.07 Å². The van der Waals surface area contributed by atoms with E-state index in [1.807, 2.05) is 0 Å². The zero-order valence-electron chi connectivity index (χ0n) is 6.12. The van der Waals surface area contributed by atoms with E-state index in [4.69, 9.17) is 4.65 Å². The van der Waals surface area contributed by atoms with Crippen LogP contribution in [0.15, 0.2) is 16.6 Å². The number of benzene rings is 1. The fourth-order valence-corrected chi connectivity index (χ4v) is 1.75. The summed E-state index contributed by atoms with van der Waals surface area (Å²) < 4.78 is 5.80. The number of hydrogen-bond donors (Lipinski definition) is 2. The number of phenolic OH excluding ortho intramolecular Hbond substituents is 1. The molecule has 0 aliphatic carbocycles. The number of phenols is 1. The van der Waals surface area contributed by atoms with Gasteiger partial charge < -0.3 is 14.8 Å². The molecule has 0 fully saturated rings. The Morgan fingerprint density at radius 3 is 2.92 bits per heavy atom. The highest BCUT2D eigenvalue weighted by atomic mass is 79.9. The second-order valence-electron chi connectivity index (χ2n) is 2.62. The highest BCUT2D eigenvalue weighted by Crippen LogP contribution is 2.24. The minimum Gasteiger partial charge on any atom is -0.508 e. The van der Waals surface area contributed by atoms with Crippen molar-refractivity contribution >= 4 is 28.5 Å². The molecular weight excluding hydrogens is 223 g/mol. The molecule has 1 aliphatic rings. The molecule has 0 amide bonds. The Hall–Kier alpha value is -0.515. The largest absolute Gasteiger partial charge is 0.508 e. The predicted octanol–water partition coefficient (Wildman–Crippen LogP) is 0.372. The van der Waals surface area contributed by atoms with E-state index >= 15 is 0 Å². The molecule has 62 valence electrons. The monoisotopic (exact) mass is 228 g/mol. The van der Waals surface area contributed by atoms with Crippen LogP contribution in [0.1, 0.15) is 5.56 Å². The lowest BCUT2D eigenvalue weighted by Crippen LogP contribution is -2.28. The summed E-state index contributed by atoms with van der Waals surface area (Å²) in [5.41, 5.74) is 1.30. The van der Waals surface area contributed by atoms with Gasteiger partial charge in [-0.25, -0.2) is 0 Å². The Bertz CT molecular complexity index is 329. The van der Waals surface area contributed by atoms with E-state index < -0.39 is 7.12 Å². The summed E-state index contributed by atoms with van der Waals surface area (Å²) in [4.78, 5) is 0. The fourth-order valence-electron chi connectivity index (χ4n) is 1.29. The first-order valence-corrected chi connectivity index (χ1v) is 4.29. The third-order valence-electron chi connectivity index (χ3n) is 1.91. The van der Waals surface area contributed by atoms with Crippen LogP contribution in [0.3, 0.4) is 0 Å². The van der Waals surface area contributed by atoms with Crippen molar-refractivity contribution in [2.45, 2.75) is 6.61 Å². The van der Waals surface area contributed by atoms with Crippen LogP contribution in [0.5, 0.6) is 5.75 Å². The highest BCUT2D eigenvalue weighted by Gasteiger charge is 2.31. The zero-order valence-corrected chi connectivity index (χ0v) is 7.71. The molecule has 0 aromatic heterocycles. The van der Waals surface area contributed by atoms with Gasteiger partial charge in [0.15, 0.2) is 0 Å². The number of rotatable bonds is 0. The Kier molecular flexibility index (Phi) is 1.86. The molecule has 2 rings (SSSR count). The smallest absolute Gasteiger partial charge is 0.495 e. The van der Waals surface area contributed by atoms with Gasteiger partial charge in [0.05, 0.1) is 6.61 Å². The maximum absolute atomic E-state index is 9.37. The maximum atomic E-state index is 9.37. The molecular formula is C7H6BBrO3. The SMILES string of the molecule is OB1OCc2c(Br)ccc(O)c21. The summed E-state index contributed by atoms with van der Waals surface area (Å²) in [6.07, 6.45) is 0. The van der Waals surface area contributed by atoms with Gasteiger partial charge in [0.25, 0.3) is 0 Å². The first-order valence-electron chi connectivity index (χ1n) is 3.50. The summed E-state index contributed by atoms with van der Waals surface area (Å²) in [7, 11) is -0.988. The van der Waals surface area contributed by atoms with Gasteiger partial charge in [0.1, 0.15) is 5.75 Å². The maximum Gasteiger partial charge on any atom is 0.495 e. The Labute approximate surface area is 78.3 Å². The lowest BCUT2D eigenvalue weighted by atomic mass is 9.79. The van der Waals surface area contributed by atoms with Gasteiger partial charge in [-0.05, 0) is 17.7 Å². The second-order valence-corrected chi connectivity index (χ2v) is 3.48. The topological polar surface area (TPSA) is 49.7 Å². The van der Waals surface area contributed by atoms with Crippen LogP contribution < -0.4 is 5.46 Å². The van der Waals surface area contributed by atoms with Crippen LogP contribution in [0, 0.1) is 0 Å². The molecule has 1 heterocycles. The molecule has 0 spiro atoms. The van der Waals surface area contributed by atoms with Crippen LogP contribution in [0.25, 0.3) is 0 Å². The normalized spacial score (nSPS) is 15.0. The van der Waals surface area contributed by atoms with E-state index in [9.17, 15) is 10.1 Å². The minimum atomic E-state index is -0.988. The van der Waals surface area contributed by atoms with Crippen LogP contribution in [0.2, 0.25) is 0 Å². The second kappa shape index (κ2) is 2.76. The highest BCUT2D eigenvalue weighted by molar-refractivity contribution is 9.10. The van der Waals surface area contributed by atoms with Crippen molar-refractivity contribution in [3.05, 3.63) is 22.2 Å². The van der Waals surface area contributed by atoms with Gasteiger partial charge in [0.2, 0.25) is 0 Å². The molecule has 1 aliphatic heterocycles. The summed E-state index contributed by atoms with van der Waals surface area (Å²) in [6.45, 7) is 0.339.